The topological polar surface area (TPSA) is 80.5 Å². The van der Waals surface area contributed by atoms with Gasteiger partial charge in [-0.1, -0.05) is 0 Å². The lowest BCUT2D eigenvalue weighted by Crippen LogP contribution is -2.35. The fraction of sp³-hybridized carbons (Fsp3) is 0.529. The van der Waals surface area contributed by atoms with Gasteiger partial charge in [-0.2, -0.15) is 0 Å². The van der Waals surface area contributed by atoms with Gasteiger partial charge in [-0.25, -0.2) is 9.97 Å². The molecule has 1 atom stereocenters. The summed E-state index contributed by atoms with van der Waals surface area (Å²) in [6.07, 6.45) is 9.79. The summed E-state index contributed by atoms with van der Waals surface area (Å²) in [5, 5.41) is 8.95. The minimum atomic E-state index is 0.423. The van der Waals surface area contributed by atoms with Crippen LogP contribution in [0.25, 0.3) is 0 Å². The van der Waals surface area contributed by atoms with Crippen molar-refractivity contribution in [2.24, 2.45) is 7.05 Å². The summed E-state index contributed by atoms with van der Waals surface area (Å²) in [6.45, 7) is 5.75. The molecular weight excluding hydrogens is 316 g/mol. The summed E-state index contributed by atoms with van der Waals surface area (Å²) < 4.78 is 4.25. The van der Waals surface area contributed by atoms with E-state index in [9.17, 15) is 0 Å². The number of aromatic amines is 1. The highest BCUT2D eigenvalue weighted by molar-refractivity contribution is 5.06. The van der Waals surface area contributed by atoms with Crippen LogP contribution in [-0.4, -0.2) is 52.3 Å². The monoisotopic (exact) mass is 340 g/mol. The van der Waals surface area contributed by atoms with E-state index in [0.717, 1.165) is 49.2 Å². The molecule has 132 valence electrons. The molecule has 0 spiro atoms. The van der Waals surface area contributed by atoms with Gasteiger partial charge in [0.25, 0.3) is 0 Å². The van der Waals surface area contributed by atoms with Gasteiger partial charge in [-0.15, -0.1) is 10.2 Å². The molecule has 3 aromatic rings. The van der Waals surface area contributed by atoms with Gasteiger partial charge < -0.3 is 14.1 Å². The molecule has 0 radical (unpaired) electrons. The van der Waals surface area contributed by atoms with Gasteiger partial charge >= 0.3 is 0 Å². The molecule has 8 nitrogen and oxygen atoms in total. The Morgan fingerprint density at radius 3 is 2.96 bits per heavy atom. The van der Waals surface area contributed by atoms with Crippen LogP contribution < -0.4 is 0 Å². The zero-order chi connectivity index (χ0) is 17.2. The van der Waals surface area contributed by atoms with Crippen LogP contribution in [0.5, 0.6) is 0 Å². The Balaban J connectivity index is 1.47. The molecule has 1 aliphatic rings. The van der Waals surface area contributed by atoms with Crippen molar-refractivity contribution in [2.75, 3.05) is 13.1 Å². The fourth-order valence-corrected chi connectivity index (χ4v) is 3.61. The van der Waals surface area contributed by atoms with Crippen molar-refractivity contribution >= 4 is 0 Å². The quantitative estimate of drug-likeness (QED) is 0.761. The average Bonchev–Trinajstić information content (AvgIpc) is 3.33. The number of hydrogen-bond donors (Lipinski definition) is 1. The largest absolute Gasteiger partial charge is 0.347 e. The van der Waals surface area contributed by atoms with Crippen molar-refractivity contribution in [1.82, 2.24) is 39.2 Å². The zero-order valence-corrected chi connectivity index (χ0v) is 14.8. The molecule has 1 saturated heterocycles. The molecule has 0 bridgehead atoms. The Labute approximate surface area is 146 Å². The summed E-state index contributed by atoms with van der Waals surface area (Å²) in [5.74, 6) is 3.48. The predicted molar refractivity (Wildman–Crippen MR) is 92.9 cm³/mol. The second-order valence-electron chi connectivity index (χ2n) is 6.79. The Kier molecular flexibility index (Phi) is 4.35. The minimum Gasteiger partial charge on any atom is -0.347 e. The predicted octanol–water partition coefficient (Wildman–Crippen LogP) is 1.47. The van der Waals surface area contributed by atoms with Crippen molar-refractivity contribution in [3.8, 4) is 0 Å². The third-order valence-electron chi connectivity index (χ3n) is 5.05. The zero-order valence-electron chi connectivity index (χ0n) is 14.8. The molecule has 0 aromatic carbocycles. The Bertz CT molecular complexity index is 816. The molecule has 1 fully saturated rings. The van der Waals surface area contributed by atoms with Gasteiger partial charge in [0, 0.05) is 50.3 Å². The van der Waals surface area contributed by atoms with E-state index in [1.165, 1.54) is 6.42 Å². The van der Waals surface area contributed by atoms with Crippen LogP contribution in [-0.2, 0) is 20.1 Å². The molecule has 0 unspecified atom stereocenters. The summed E-state index contributed by atoms with van der Waals surface area (Å²) in [4.78, 5) is 14.0. The Hall–Kier alpha value is -2.48. The number of nitrogens with one attached hydrogen (secondary N) is 1. The molecule has 0 aliphatic carbocycles. The first-order valence-electron chi connectivity index (χ1n) is 8.76. The number of piperidine rings is 1. The molecule has 1 aliphatic heterocycles. The lowest BCUT2D eigenvalue weighted by atomic mass is 9.97. The smallest absolute Gasteiger partial charge is 0.152 e. The van der Waals surface area contributed by atoms with Gasteiger partial charge in [0.2, 0.25) is 0 Å². The number of hydrogen-bond acceptors (Lipinski definition) is 5. The molecule has 1 N–H and O–H groups in total. The van der Waals surface area contributed by atoms with Crippen LogP contribution in [0.15, 0.2) is 24.9 Å². The number of likely N-dealkylation sites (tertiary alicyclic amines) is 1. The van der Waals surface area contributed by atoms with Crippen LogP contribution >= 0.6 is 0 Å². The maximum Gasteiger partial charge on any atom is 0.152 e. The molecule has 4 rings (SSSR count). The molecule has 3 aromatic heterocycles. The van der Waals surface area contributed by atoms with Crippen molar-refractivity contribution < 1.29 is 0 Å². The second-order valence-corrected chi connectivity index (χ2v) is 6.79. The molecule has 4 heterocycles. The molecule has 25 heavy (non-hydrogen) atoms. The normalized spacial score (nSPS) is 18.7. The number of imidazole rings is 2. The van der Waals surface area contributed by atoms with E-state index < -0.39 is 0 Å². The van der Waals surface area contributed by atoms with E-state index in [2.05, 4.69) is 46.2 Å². The van der Waals surface area contributed by atoms with Crippen LogP contribution in [0.2, 0.25) is 0 Å². The number of rotatable bonds is 5. The summed E-state index contributed by atoms with van der Waals surface area (Å²) >= 11 is 0. The van der Waals surface area contributed by atoms with Gasteiger partial charge in [-0.05, 0) is 26.3 Å². The minimum absolute atomic E-state index is 0.423. The van der Waals surface area contributed by atoms with Crippen LogP contribution in [0, 0.1) is 6.92 Å². The number of H-pyrrole nitrogens is 1. The molecule has 0 saturated carbocycles. The fourth-order valence-electron chi connectivity index (χ4n) is 3.61. The van der Waals surface area contributed by atoms with Crippen molar-refractivity contribution in [1.29, 1.82) is 0 Å². The Morgan fingerprint density at radius 2 is 2.20 bits per heavy atom. The van der Waals surface area contributed by atoms with E-state index >= 15 is 0 Å². The molecule has 0 amide bonds. The average molecular weight is 340 g/mol. The first kappa shape index (κ1) is 16.0. The maximum absolute atomic E-state index is 4.51. The van der Waals surface area contributed by atoms with E-state index in [0.29, 0.717) is 12.5 Å². The molecule has 8 heteroatoms. The molecular formula is C17H24N8. The number of aromatic nitrogens is 7. The summed E-state index contributed by atoms with van der Waals surface area (Å²) in [7, 11) is 2.07. The summed E-state index contributed by atoms with van der Waals surface area (Å²) in [6, 6.07) is 0. The summed E-state index contributed by atoms with van der Waals surface area (Å²) in [5.41, 5.74) is 1.16. The first-order chi connectivity index (χ1) is 12.2. The first-order valence-corrected chi connectivity index (χ1v) is 8.76. The standard InChI is InChI=1S/C17H24N8/c1-13-19-5-7-25(13)11-16-21-22-17(23(16)2)14-4-3-6-24(9-14)10-15-8-18-12-20-15/h5,7-8,12,14H,3-4,6,9-11H2,1-2H3,(H,18,20)/t14-/m1/s1. The van der Waals surface area contributed by atoms with Crippen molar-refractivity contribution in [3.05, 3.63) is 48.1 Å². The maximum atomic E-state index is 4.51. The van der Waals surface area contributed by atoms with Crippen molar-refractivity contribution in [3.63, 3.8) is 0 Å². The highest BCUT2D eigenvalue weighted by Gasteiger charge is 2.26. The van der Waals surface area contributed by atoms with E-state index in [4.69, 9.17) is 0 Å². The third kappa shape index (κ3) is 3.34. The van der Waals surface area contributed by atoms with Crippen molar-refractivity contribution in [2.45, 2.75) is 38.8 Å². The van der Waals surface area contributed by atoms with Crippen LogP contribution in [0.4, 0.5) is 0 Å². The van der Waals surface area contributed by atoms with Crippen LogP contribution in [0.1, 0.15) is 41.9 Å². The van der Waals surface area contributed by atoms with Gasteiger partial charge in [-0.3, -0.25) is 4.90 Å². The Morgan fingerprint density at radius 1 is 1.28 bits per heavy atom. The highest BCUT2D eigenvalue weighted by Crippen LogP contribution is 2.26. The van der Waals surface area contributed by atoms with Crippen LogP contribution in [0.3, 0.4) is 0 Å². The van der Waals surface area contributed by atoms with Gasteiger partial charge in [0.1, 0.15) is 11.6 Å². The number of aryl methyl sites for hydroxylation is 1. The van der Waals surface area contributed by atoms with Gasteiger partial charge in [0.05, 0.1) is 12.9 Å². The lowest BCUT2D eigenvalue weighted by Gasteiger charge is -2.31. The van der Waals surface area contributed by atoms with E-state index in [1.54, 1.807) is 6.33 Å². The highest BCUT2D eigenvalue weighted by atomic mass is 15.3. The second kappa shape index (κ2) is 6.79. The lowest BCUT2D eigenvalue weighted by molar-refractivity contribution is 0.193. The SMILES string of the molecule is Cc1nccn1Cc1nnc([C@@H]2CCCN(Cc3cnc[nH]3)C2)n1C. The number of nitrogens with zero attached hydrogens (tertiary/aromatic N) is 7. The third-order valence-corrected chi connectivity index (χ3v) is 5.05. The van der Waals surface area contributed by atoms with Gasteiger partial charge in [0.15, 0.2) is 5.82 Å². The van der Waals surface area contributed by atoms with E-state index in [-0.39, 0.29) is 0 Å². The van der Waals surface area contributed by atoms with E-state index in [1.807, 2.05) is 25.5 Å².